The van der Waals surface area contributed by atoms with Crippen molar-refractivity contribution in [3.8, 4) is 5.82 Å². The van der Waals surface area contributed by atoms with E-state index in [-0.39, 0.29) is 0 Å². The molecule has 1 aliphatic heterocycles. The molecule has 0 aliphatic carbocycles. The van der Waals surface area contributed by atoms with Crippen LogP contribution < -0.4 is 0 Å². The highest BCUT2D eigenvalue weighted by Gasteiger charge is 2.22. The number of piperidine rings is 1. The van der Waals surface area contributed by atoms with E-state index in [9.17, 15) is 0 Å². The summed E-state index contributed by atoms with van der Waals surface area (Å²) in [6.07, 6.45) is 12.6. The summed E-state index contributed by atoms with van der Waals surface area (Å²) in [5.41, 5.74) is 2.53. The van der Waals surface area contributed by atoms with E-state index in [1.807, 2.05) is 17.0 Å². The van der Waals surface area contributed by atoms with E-state index >= 15 is 0 Å². The quantitative estimate of drug-likeness (QED) is 0.720. The standard InChI is InChI=1S/C20H23N5/c1-2-4-17(5-3-1)6-10-24-11-7-18(8-12-24)19-14-22-15-20(23-19)25-13-9-21-16-25/h1-5,9,13-16,18H,6-8,10-12H2. The summed E-state index contributed by atoms with van der Waals surface area (Å²) in [4.78, 5) is 15.8. The number of benzene rings is 1. The van der Waals surface area contributed by atoms with E-state index in [0.717, 1.165) is 50.4 Å². The zero-order chi connectivity index (χ0) is 16.9. The minimum Gasteiger partial charge on any atom is -0.303 e. The third-order valence-electron chi connectivity index (χ3n) is 4.97. The zero-order valence-corrected chi connectivity index (χ0v) is 14.3. The lowest BCUT2D eigenvalue weighted by Gasteiger charge is -2.31. The van der Waals surface area contributed by atoms with E-state index in [1.165, 1.54) is 5.56 Å². The van der Waals surface area contributed by atoms with Crippen LogP contribution in [0.4, 0.5) is 0 Å². The second-order valence-electron chi connectivity index (χ2n) is 6.62. The van der Waals surface area contributed by atoms with Gasteiger partial charge in [0.2, 0.25) is 0 Å². The van der Waals surface area contributed by atoms with E-state index in [4.69, 9.17) is 4.98 Å². The van der Waals surface area contributed by atoms with Crippen LogP contribution >= 0.6 is 0 Å². The molecule has 1 aliphatic rings. The monoisotopic (exact) mass is 333 g/mol. The largest absolute Gasteiger partial charge is 0.303 e. The van der Waals surface area contributed by atoms with Crippen molar-refractivity contribution in [3.05, 3.63) is 72.7 Å². The average molecular weight is 333 g/mol. The number of hydrogen-bond acceptors (Lipinski definition) is 4. The fourth-order valence-corrected chi connectivity index (χ4v) is 3.47. The molecule has 2 aromatic heterocycles. The van der Waals surface area contributed by atoms with Gasteiger partial charge in [-0.2, -0.15) is 0 Å². The predicted molar refractivity (Wildman–Crippen MR) is 97.7 cm³/mol. The second kappa shape index (κ2) is 7.57. The highest BCUT2D eigenvalue weighted by atomic mass is 15.1. The Labute approximate surface area is 148 Å². The van der Waals surface area contributed by atoms with Crippen LogP contribution in [-0.4, -0.2) is 44.1 Å². The summed E-state index contributed by atoms with van der Waals surface area (Å²) in [6.45, 7) is 3.40. The second-order valence-corrected chi connectivity index (χ2v) is 6.62. The Hall–Kier alpha value is -2.53. The Morgan fingerprint density at radius 1 is 1.00 bits per heavy atom. The first-order valence-corrected chi connectivity index (χ1v) is 8.95. The minimum atomic E-state index is 0.504. The van der Waals surface area contributed by atoms with Crippen molar-refractivity contribution in [1.82, 2.24) is 24.4 Å². The maximum absolute atomic E-state index is 4.80. The number of nitrogens with zero attached hydrogens (tertiary/aromatic N) is 5. The molecule has 128 valence electrons. The SMILES string of the molecule is c1ccc(CCN2CCC(c3cncc(-n4ccnc4)n3)CC2)cc1. The van der Waals surface area contributed by atoms with Gasteiger partial charge < -0.3 is 4.90 Å². The highest BCUT2D eigenvalue weighted by Crippen LogP contribution is 2.26. The average Bonchev–Trinajstić information content (AvgIpc) is 3.23. The van der Waals surface area contributed by atoms with Crippen molar-refractivity contribution in [2.75, 3.05) is 19.6 Å². The Bertz CT molecular complexity index is 777. The van der Waals surface area contributed by atoms with E-state index in [2.05, 4.69) is 45.2 Å². The summed E-state index contributed by atoms with van der Waals surface area (Å²) < 4.78 is 1.91. The van der Waals surface area contributed by atoms with Gasteiger partial charge in [0.05, 0.1) is 11.9 Å². The smallest absolute Gasteiger partial charge is 0.156 e. The Balaban J connectivity index is 1.33. The summed E-state index contributed by atoms with van der Waals surface area (Å²) in [6, 6.07) is 10.7. The minimum absolute atomic E-state index is 0.504. The zero-order valence-electron chi connectivity index (χ0n) is 14.3. The number of likely N-dealkylation sites (tertiary alicyclic amines) is 1. The topological polar surface area (TPSA) is 46.8 Å². The van der Waals surface area contributed by atoms with Crippen LogP contribution in [0.5, 0.6) is 0 Å². The van der Waals surface area contributed by atoms with Crippen LogP contribution in [0.15, 0.2) is 61.4 Å². The van der Waals surface area contributed by atoms with Gasteiger partial charge in [-0.3, -0.25) is 9.55 Å². The molecule has 0 saturated carbocycles. The maximum atomic E-state index is 4.80. The molecule has 3 heterocycles. The first kappa shape index (κ1) is 16.0. The molecule has 0 spiro atoms. The lowest BCUT2D eigenvalue weighted by Crippen LogP contribution is -2.34. The maximum Gasteiger partial charge on any atom is 0.156 e. The Morgan fingerprint density at radius 3 is 2.60 bits per heavy atom. The van der Waals surface area contributed by atoms with Crippen LogP contribution in [0.1, 0.15) is 30.0 Å². The van der Waals surface area contributed by atoms with Gasteiger partial charge in [0.25, 0.3) is 0 Å². The normalized spacial score (nSPS) is 16.2. The van der Waals surface area contributed by atoms with Crippen molar-refractivity contribution >= 4 is 0 Å². The molecule has 4 rings (SSSR count). The summed E-state index contributed by atoms with van der Waals surface area (Å²) in [7, 11) is 0. The Morgan fingerprint density at radius 2 is 1.84 bits per heavy atom. The summed E-state index contributed by atoms with van der Waals surface area (Å²) >= 11 is 0. The molecule has 0 bridgehead atoms. The van der Waals surface area contributed by atoms with Gasteiger partial charge in [0.15, 0.2) is 5.82 Å². The molecular formula is C20H23N5. The van der Waals surface area contributed by atoms with Crippen molar-refractivity contribution in [2.24, 2.45) is 0 Å². The molecule has 0 radical (unpaired) electrons. The van der Waals surface area contributed by atoms with Crippen LogP contribution in [-0.2, 0) is 6.42 Å². The Kier molecular flexibility index (Phi) is 4.84. The van der Waals surface area contributed by atoms with Crippen molar-refractivity contribution < 1.29 is 0 Å². The lowest BCUT2D eigenvalue weighted by molar-refractivity contribution is 0.213. The van der Waals surface area contributed by atoms with Crippen molar-refractivity contribution in [3.63, 3.8) is 0 Å². The van der Waals surface area contributed by atoms with E-state index in [0.29, 0.717) is 5.92 Å². The first-order valence-electron chi connectivity index (χ1n) is 8.95. The lowest BCUT2D eigenvalue weighted by atomic mass is 9.93. The molecular weight excluding hydrogens is 310 g/mol. The summed E-state index contributed by atoms with van der Waals surface area (Å²) in [5.74, 6) is 1.35. The molecule has 1 saturated heterocycles. The molecule has 1 fully saturated rings. The molecule has 5 heteroatoms. The van der Waals surface area contributed by atoms with Crippen LogP contribution in [0.25, 0.3) is 5.82 Å². The van der Waals surface area contributed by atoms with Crippen LogP contribution in [0.2, 0.25) is 0 Å². The molecule has 0 amide bonds. The third kappa shape index (κ3) is 3.94. The summed E-state index contributed by atoms with van der Waals surface area (Å²) in [5, 5.41) is 0. The van der Waals surface area contributed by atoms with Gasteiger partial charge in [0.1, 0.15) is 6.33 Å². The molecule has 5 nitrogen and oxygen atoms in total. The van der Waals surface area contributed by atoms with Crippen molar-refractivity contribution in [2.45, 2.75) is 25.2 Å². The molecule has 3 aromatic rings. The van der Waals surface area contributed by atoms with Crippen molar-refractivity contribution in [1.29, 1.82) is 0 Å². The molecule has 0 atom stereocenters. The fraction of sp³-hybridized carbons (Fsp3) is 0.350. The van der Waals surface area contributed by atoms with Gasteiger partial charge in [-0.05, 0) is 37.9 Å². The van der Waals surface area contributed by atoms with Gasteiger partial charge in [-0.25, -0.2) is 9.97 Å². The van der Waals surface area contributed by atoms with Crippen LogP contribution in [0, 0.1) is 0 Å². The van der Waals surface area contributed by atoms with E-state index < -0.39 is 0 Å². The van der Waals surface area contributed by atoms with Crippen LogP contribution in [0.3, 0.4) is 0 Å². The molecule has 25 heavy (non-hydrogen) atoms. The first-order chi connectivity index (χ1) is 12.4. The highest BCUT2D eigenvalue weighted by molar-refractivity contribution is 5.21. The number of rotatable bonds is 5. The molecule has 0 N–H and O–H groups in total. The fourth-order valence-electron chi connectivity index (χ4n) is 3.47. The van der Waals surface area contributed by atoms with Gasteiger partial charge in [0, 0.05) is 31.1 Å². The third-order valence-corrected chi connectivity index (χ3v) is 4.97. The van der Waals surface area contributed by atoms with Gasteiger partial charge in [-0.1, -0.05) is 30.3 Å². The molecule has 0 unspecified atom stereocenters. The van der Waals surface area contributed by atoms with E-state index in [1.54, 1.807) is 18.7 Å². The molecule has 1 aromatic carbocycles. The number of aromatic nitrogens is 4. The van der Waals surface area contributed by atoms with Gasteiger partial charge in [-0.15, -0.1) is 0 Å². The number of imidazole rings is 1. The van der Waals surface area contributed by atoms with Gasteiger partial charge >= 0.3 is 0 Å². The predicted octanol–water partition coefficient (Wildman–Crippen LogP) is 3.08. The number of hydrogen-bond donors (Lipinski definition) is 0.